The Balaban J connectivity index is 1.83. The predicted molar refractivity (Wildman–Crippen MR) is 107 cm³/mol. The molecule has 1 atom stereocenters. The van der Waals surface area contributed by atoms with Gasteiger partial charge in [-0.15, -0.1) is 0 Å². The lowest BCUT2D eigenvalue weighted by atomic mass is 9.87. The Morgan fingerprint density at radius 2 is 1.93 bits per heavy atom. The molecule has 27 heavy (non-hydrogen) atoms. The topological polar surface area (TPSA) is 64.8 Å². The molecule has 0 saturated carbocycles. The van der Waals surface area contributed by atoms with Gasteiger partial charge in [0, 0.05) is 12.0 Å². The summed E-state index contributed by atoms with van der Waals surface area (Å²) in [5, 5.41) is 0. The van der Waals surface area contributed by atoms with Gasteiger partial charge in [0.15, 0.2) is 0 Å². The summed E-state index contributed by atoms with van der Waals surface area (Å²) in [4.78, 5) is 13.4. The first-order valence-electron chi connectivity index (χ1n) is 9.23. The number of nitrogens with zero attached hydrogens (tertiary/aromatic N) is 1. The van der Waals surface area contributed by atoms with E-state index in [1.54, 1.807) is 0 Å². The first kappa shape index (κ1) is 19.2. The van der Waals surface area contributed by atoms with E-state index in [9.17, 15) is 4.79 Å². The largest absolute Gasteiger partial charge is 0.492 e. The number of rotatable bonds is 6. The van der Waals surface area contributed by atoms with Gasteiger partial charge in [0.25, 0.3) is 0 Å². The lowest BCUT2D eigenvalue weighted by Gasteiger charge is -2.26. The molecule has 144 valence electrons. The molecule has 5 nitrogen and oxygen atoms in total. The molecule has 1 aliphatic rings. The highest BCUT2D eigenvalue weighted by atomic mass is 16.6. The van der Waals surface area contributed by atoms with Crippen molar-refractivity contribution in [2.75, 3.05) is 27.2 Å². The molecule has 0 bridgehead atoms. The van der Waals surface area contributed by atoms with Gasteiger partial charge in [0.1, 0.15) is 18.5 Å². The summed E-state index contributed by atoms with van der Waals surface area (Å²) in [5.41, 5.74) is 9.57. The highest BCUT2D eigenvalue weighted by molar-refractivity contribution is 5.68. The fourth-order valence-electron chi connectivity index (χ4n) is 3.65. The first-order valence-corrected chi connectivity index (χ1v) is 9.23. The zero-order chi connectivity index (χ0) is 19.6. The SMILES string of the molecule is CN(C)CCOc1cccc(-c2ccc3c(c2)CC(C)(C)C3OC(N)=O)c1. The summed E-state index contributed by atoms with van der Waals surface area (Å²) >= 11 is 0. The molecule has 0 heterocycles. The van der Waals surface area contributed by atoms with Gasteiger partial charge in [0.2, 0.25) is 0 Å². The number of nitrogens with two attached hydrogens (primary N) is 1. The van der Waals surface area contributed by atoms with E-state index >= 15 is 0 Å². The van der Waals surface area contributed by atoms with Gasteiger partial charge in [0.05, 0.1) is 0 Å². The van der Waals surface area contributed by atoms with Crippen molar-refractivity contribution in [2.45, 2.75) is 26.4 Å². The number of carbonyl (C=O) groups excluding carboxylic acids is 1. The second-order valence-corrected chi connectivity index (χ2v) is 8.08. The smallest absolute Gasteiger partial charge is 0.405 e. The third-order valence-corrected chi connectivity index (χ3v) is 4.99. The zero-order valence-electron chi connectivity index (χ0n) is 16.5. The summed E-state index contributed by atoms with van der Waals surface area (Å²) in [6.07, 6.45) is -0.194. The van der Waals surface area contributed by atoms with Crippen LogP contribution in [0.2, 0.25) is 0 Å². The fraction of sp³-hybridized carbons (Fsp3) is 0.409. The van der Waals surface area contributed by atoms with Crippen LogP contribution in [-0.4, -0.2) is 38.2 Å². The van der Waals surface area contributed by atoms with E-state index in [-0.39, 0.29) is 11.5 Å². The van der Waals surface area contributed by atoms with Gasteiger partial charge in [-0.05, 0) is 54.9 Å². The minimum absolute atomic E-state index is 0.173. The van der Waals surface area contributed by atoms with Crippen LogP contribution in [0, 0.1) is 5.41 Å². The van der Waals surface area contributed by atoms with E-state index in [1.807, 2.05) is 32.3 Å². The minimum atomic E-state index is -0.729. The Morgan fingerprint density at radius 3 is 2.63 bits per heavy atom. The van der Waals surface area contributed by atoms with E-state index in [2.05, 4.69) is 43.0 Å². The van der Waals surface area contributed by atoms with Crippen molar-refractivity contribution >= 4 is 6.09 Å². The van der Waals surface area contributed by atoms with Crippen molar-refractivity contribution in [1.29, 1.82) is 0 Å². The molecule has 1 unspecified atom stereocenters. The Morgan fingerprint density at radius 1 is 1.19 bits per heavy atom. The summed E-state index contributed by atoms with van der Waals surface area (Å²) < 4.78 is 11.2. The first-order chi connectivity index (χ1) is 12.8. The molecule has 5 heteroatoms. The van der Waals surface area contributed by atoms with Crippen molar-refractivity contribution in [3.63, 3.8) is 0 Å². The minimum Gasteiger partial charge on any atom is -0.492 e. The molecule has 3 rings (SSSR count). The van der Waals surface area contributed by atoms with Crippen LogP contribution in [-0.2, 0) is 11.2 Å². The van der Waals surface area contributed by atoms with E-state index in [4.69, 9.17) is 15.2 Å². The normalized spacial score (nSPS) is 17.6. The van der Waals surface area contributed by atoms with Crippen LogP contribution in [0.5, 0.6) is 5.75 Å². The standard InChI is InChI=1S/C22H28N2O3/c1-22(2)14-17-12-16(8-9-19(17)20(22)27-21(23)25)15-6-5-7-18(13-15)26-11-10-24(3)4/h5-9,12-13,20H,10-11,14H2,1-4H3,(H2,23,25). The number of amides is 1. The quantitative estimate of drug-likeness (QED) is 0.837. The van der Waals surface area contributed by atoms with Gasteiger partial charge in [-0.25, -0.2) is 4.79 Å². The number of ether oxygens (including phenoxy) is 2. The molecule has 0 aliphatic heterocycles. The number of hydrogen-bond acceptors (Lipinski definition) is 4. The zero-order valence-corrected chi connectivity index (χ0v) is 16.5. The molecular weight excluding hydrogens is 340 g/mol. The molecule has 0 saturated heterocycles. The van der Waals surface area contributed by atoms with Crippen molar-refractivity contribution in [3.05, 3.63) is 53.6 Å². The highest BCUT2D eigenvalue weighted by Crippen LogP contribution is 2.48. The second kappa shape index (κ2) is 7.61. The lowest BCUT2D eigenvalue weighted by Crippen LogP contribution is -2.25. The molecule has 2 N–H and O–H groups in total. The van der Waals surface area contributed by atoms with Crippen molar-refractivity contribution < 1.29 is 14.3 Å². The highest BCUT2D eigenvalue weighted by Gasteiger charge is 2.41. The van der Waals surface area contributed by atoms with Crippen LogP contribution in [0.1, 0.15) is 31.1 Å². The predicted octanol–water partition coefficient (Wildman–Crippen LogP) is 4.01. The number of likely N-dealkylation sites (N-methyl/N-ethyl adjacent to an activating group) is 1. The van der Waals surface area contributed by atoms with Gasteiger partial charge in [-0.3, -0.25) is 0 Å². The van der Waals surface area contributed by atoms with Crippen molar-refractivity contribution in [3.8, 4) is 16.9 Å². The summed E-state index contributed by atoms with van der Waals surface area (Å²) in [6, 6.07) is 14.4. The van der Waals surface area contributed by atoms with Gasteiger partial charge < -0.3 is 20.1 Å². The number of fused-ring (bicyclic) bond motifs is 1. The van der Waals surface area contributed by atoms with Gasteiger partial charge in [-0.1, -0.05) is 44.2 Å². The molecule has 0 fully saturated rings. The number of benzene rings is 2. The Bertz CT molecular complexity index is 830. The number of hydrogen-bond donors (Lipinski definition) is 1. The summed E-state index contributed by atoms with van der Waals surface area (Å²) in [5.74, 6) is 0.866. The van der Waals surface area contributed by atoms with Gasteiger partial charge >= 0.3 is 6.09 Å². The Labute approximate surface area is 161 Å². The van der Waals surface area contributed by atoms with E-state index in [0.29, 0.717) is 6.61 Å². The van der Waals surface area contributed by atoms with Crippen LogP contribution in [0.15, 0.2) is 42.5 Å². The molecule has 1 aliphatic carbocycles. The monoisotopic (exact) mass is 368 g/mol. The maximum Gasteiger partial charge on any atom is 0.405 e. The van der Waals surface area contributed by atoms with E-state index < -0.39 is 6.09 Å². The van der Waals surface area contributed by atoms with Gasteiger partial charge in [-0.2, -0.15) is 0 Å². The van der Waals surface area contributed by atoms with Crippen LogP contribution in [0.3, 0.4) is 0 Å². The van der Waals surface area contributed by atoms with E-state index in [0.717, 1.165) is 35.4 Å². The summed E-state index contributed by atoms with van der Waals surface area (Å²) in [7, 11) is 4.06. The van der Waals surface area contributed by atoms with Crippen LogP contribution < -0.4 is 10.5 Å². The molecule has 0 aromatic heterocycles. The van der Waals surface area contributed by atoms with E-state index in [1.165, 1.54) is 5.56 Å². The van der Waals surface area contributed by atoms with Crippen LogP contribution >= 0.6 is 0 Å². The lowest BCUT2D eigenvalue weighted by molar-refractivity contribution is 0.0392. The molecular formula is C22H28N2O3. The van der Waals surface area contributed by atoms with Crippen molar-refractivity contribution in [1.82, 2.24) is 4.90 Å². The summed E-state index contributed by atoms with van der Waals surface area (Å²) in [6.45, 7) is 5.72. The second-order valence-electron chi connectivity index (χ2n) is 8.08. The molecule has 2 aromatic carbocycles. The average Bonchev–Trinajstić information content (AvgIpc) is 2.84. The number of primary amides is 1. The maximum atomic E-state index is 11.3. The third-order valence-electron chi connectivity index (χ3n) is 4.99. The molecule has 0 spiro atoms. The van der Waals surface area contributed by atoms with Crippen molar-refractivity contribution in [2.24, 2.45) is 11.1 Å². The third kappa shape index (κ3) is 4.42. The Hall–Kier alpha value is -2.53. The maximum absolute atomic E-state index is 11.3. The number of carbonyl (C=O) groups is 1. The van der Waals surface area contributed by atoms with Crippen LogP contribution in [0.25, 0.3) is 11.1 Å². The molecule has 2 aromatic rings. The molecule has 0 radical (unpaired) electrons. The fourth-order valence-corrected chi connectivity index (χ4v) is 3.65. The molecule has 1 amide bonds. The Kier molecular flexibility index (Phi) is 5.42. The average molecular weight is 368 g/mol. The van der Waals surface area contributed by atoms with Crippen LogP contribution in [0.4, 0.5) is 4.79 Å².